The van der Waals surface area contributed by atoms with Crippen LogP contribution in [0, 0.1) is 18.3 Å². The SMILES string of the molecule is Cc1nc(N)c(C(=O)CC(=N)CCCCCc2ccc(OCCOCCNC(=O)NC3CCC(CC(=O)CCCOCCOc4ccc(CCCCN=C(N)NC(=O)c5nc(Cl)c(N)nc5N)cc4)CC3)cc2)nc1Cl. The van der Waals surface area contributed by atoms with E-state index in [2.05, 4.69) is 40.9 Å². The number of hydrogen-bond acceptors (Lipinski definition) is 17. The molecule has 2 aromatic heterocycles. The minimum absolute atomic E-state index is 0.0183. The van der Waals surface area contributed by atoms with Crippen molar-refractivity contribution in [1.82, 2.24) is 35.9 Å². The van der Waals surface area contributed by atoms with Gasteiger partial charge < -0.3 is 57.9 Å². The zero-order valence-electron chi connectivity index (χ0n) is 43.3. The molecule has 3 amide bonds. The van der Waals surface area contributed by atoms with Crippen molar-refractivity contribution >= 4 is 75.8 Å². The van der Waals surface area contributed by atoms with Gasteiger partial charge in [-0.05, 0) is 125 Å². The molecule has 1 saturated carbocycles. The van der Waals surface area contributed by atoms with Gasteiger partial charge in [0.05, 0.1) is 31.9 Å². The van der Waals surface area contributed by atoms with Crippen LogP contribution in [0.1, 0.15) is 128 Å². The first-order chi connectivity index (χ1) is 36.6. The number of carbonyl (C=O) groups is 4. The number of amides is 3. The summed E-state index contributed by atoms with van der Waals surface area (Å²) >= 11 is 11.8. The van der Waals surface area contributed by atoms with Crippen molar-refractivity contribution in [2.45, 2.75) is 116 Å². The van der Waals surface area contributed by atoms with Gasteiger partial charge in [0.15, 0.2) is 50.9 Å². The molecule has 1 aliphatic rings. The molecule has 2 heterocycles. The number of nitrogens with two attached hydrogens (primary N) is 4. The van der Waals surface area contributed by atoms with Crippen molar-refractivity contribution in [3.05, 3.63) is 87.0 Å². The van der Waals surface area contributed by atoms with Crippen LogP contribution in [0.15, 0.2) is 53.5 Å². The highest BCUT2D eigenvalue weighted by molar-refractivity contribution is 6.32. The number of rotatable bonds is 33. The van der Waals surface area contributed by atoms with Gasteiger partial charge >= 0.3 is 6.03 Å². The number of benzene rings is 2. The summed E-state index contributed by atoms with van der Waals surface area (Å²) in [5.74, 6) is 0.782. The summed E-state index contributed by atoms with van der Waals surface area (Å²) < 4.78 is 23.0. The number of hydrogen-bond donors (Lipinski definition) is 8. The average Bonchev–Trinajstić information content (AvgIpc) is 3.39. The maximum Gasteiger partial charge on any atom is 0.315 e. The number of aromatic nitrogens is 4. The van der Waals surface area contributed by atoms with Crippen LogP contribution >= 0.6 is 23.2 Å². The Hall–Kier alpha value is -6.68. The number of anilines is 3. The fourth-order valence-corrected chi connectivity index (χ4v) is 8.57. The lowest BCUT2D eigenvalue weighted by atomic mass is 9.83. The van der Waals surface area contributed by atoms with E-state index in [4.69, 9.17) is 70.5 Å². The molecule has 0 aliphatic heterocycles. The molecule has 0 radical (unpaired) electrons. The average molecular weight is 1090 g/mol. The Morgan fingerprint density at radius 3 is 1.95 bits per heavy atom. The van der Waals surface area contributed by atoms with Crippen LogP contribution in [0.25, 0.3) is 0 Å². The smallest absolute Gasteiger partial charge is 0.315 e. The van der Waals surface area contributed by atoms with Crippen LogP contribution < -0.4 is 48.4 Å². The molecule has 0 spiro atoms. The molecule has 76 heavy (non-hydrogen) atoms. The van der Waals surface area contributed by atoms with Crippen molar-refractivity contribution in [3.63, 3.8) is 0 Å². The fourth-order valence-electron chi connectivity index (χ4n) is 8.32. The van der Waals surface area contributed by atoms with Crippen LogP contribution in [-0.2, 0) is 27.1 Å². The van der Waals surface area contributed by atoms with Crippen LogP contribution in [-0.4, -0.2) is 114 Å². The topological polar surface area (TPSA) is 333 Å². The molecule has 23 heteroatoms. The minimum atomic E-state index is -0.683. The summed E-state index contributed by atoms with van der Waals surface area (Å²) in [5.41, 5.74) is 25.9. The van der Waals surface area contributed by atoms with Crippen molar-refractivity contribution in [2.75, 3.05) is 69.9 Å². The molecular formula is C53H73Cl2N13O8. The summed E-state index contributed by atoms with van der Waals surface area (Å²) in [5, 5.41) is 16.5. The molecule has 1 fully saturated rings. The molecule has 0 saturated heterocycles. The highest BCUT2D eigenvalue weighted by Gasteiger charge is 2.24. The maximum absolute atomic E-state index is 12.7. The number of urea groups is 1. The predicted octanol–water partition coefficient (Wildman–Crippen LogP) is 7.18. The number of halogens is 2. The van der Waals surface area contributed by atoms with E-state index in [-0.39, 0.29) is 75.2 Å². The monoisotopic (exact) mass is 1090 g/mol. The Morgan fingerprint density at radius 2 is 1.29 bits per heavy atom. The molecular weight excluding hydrogens is 1020 g/mol. The summed E-state index contributed by atoms with van der Waals surface area (Å²) in [6.07, 6.45) is 11.7. The van der Waals surface area contributed by atoms with Crippen molar-refractivity contribution in [2.24, 2.45) is 16.6 Å². The second-order valence-electron chi connectivity index (χ2n) is 18.6. The third kappa shape index (κ3) is 22.3. The number of aliphatic imine (C=N–C) groups is 1. The van der Waals surface area contributed by atoms with Gasteiger partial charge in [-0.1, -0.05) is 53.9 Å². The van der Waals surface area contributed by atoms with Gasteiger partial charge in [0.1, 0.15) is 30.5 Å². The first kappa shape index (κ1) is 60.2. The summed E-state index contributed by atoms with van der Waals surface area (Å²) in [6, 6.07) is 15.7. The van der Waals surface area contributed by atoms with E-state index in [1.165, 1.54) is 5.56 Å². The highest BCUT2D eigenvalue weighted by atomic mass is 35.5. The largest absolute Gasteiger partial charge is 0.491 e. The van der Waals surface area contributed by atoms with Gasteiger partial charge in [-0.3, -0.25) is 24.7 Å². The minimum Gasteiger partial charge on any atom is -0.491 e. The number of carbonyl (C=O) groups excluding carboxylic acids is 4. The van der Waals surface area contributed by atoms with E-state index in [9.17, 15) is 19.2 Å². The van der Waals surface area contributed by atoms with Crippen LogP contribution in [0.5, 0.6) is 11.5 Å². The number of aryl methyl sites for hydroxylation is 3. The Labute approximate surface area is 454 Å². The van der Waals surface area contributed by atoms with Crippen LogP contribution in [0.4, 0.5) is 22.2 Å². The van der Waals surface area contributed by atoms with Crippen molar-refractivity contribution in [3.8, 4) is 11.5 Å². The van der Waals surface area contributed by atoms with Crippen LogP contribution in [0.2, 0.25) is 10.3 Å². The lowest BCUT2D eigenvalue weighted by molar-refractivity contribution is -0.120. The quantitative estimate of drug-likeness (QED) is 0.0101. The van der Waals surface area contributed by atoms with Gasteiger partial charge in [-0.15, -0.1) is 0 Å². The molecule has 412 valence electrons. The second-order valence-corrected chi connectivity index (χ2v) is 19.3. The van der Waals surface area contributed by atoms with Gasteiger partial charge in [0, 0.05) is 44.3 Å². The number of ether oxygens (including phenoxy) is 4. The highest BCUT2D eigenvalue weighted by Crippen LogP contribution is 2.28. The van der Waals surface area contributed by atoms with E-state index in [1.807, 2.05) is 48.5 Å². The number of ketones is 2. The standard InChI is InChI=1S/C53H73Cl2N13O8/c1-34-46(54)65-44(48(57)63-34)43(70)33-38(56)10-4-2-3-8-35-14-20-42(21-15-35)76-31-29-74-27-25-62-53(72)64-39-18-12-37(13-19-39)32-40(69)11-7-26-73-28-30-75-41-22-16-36(17-23-41)9-5-6-24-61-52(60)68-51(71)45-49(58)67-50(59)47(55)66-45/h14-17,20-23,37,39,56H,2-13,18-19,24-33H2,1H3,(H2,57,63)(H4,58,59,67)(H2,62,64,72)(H3,60,61,68,71). The first-order valence-corrected chi connectivity index (χ1v) is 26.6. The number of guanidine groups is 1. The number of nitrogens with one attached hydrogen (secondary N) is 4. The normalized spacial score (nSPS) is 14.4. The Bertz CT molecular complexity index is 2550. The lowest BCUT2D eigenvalue weighted by Gasteiger charge is -2.28. The van der Waals surface area contributed by atoms with Crippen molar-refractivity contribution in [1.29, 1.82) is 5.41 Å². The molecule has 2 aromatic carbocycles. The third-order valence-corrected chi connectivity index (χ3v) is 13.1. The molecule has 21 nitrogen and oxygen atoms in total. The Kier molecular flexibility index (Phi) is 25.9. The maximum atomic E-state index is 12.7. The van der Waals surface area contributed by atoms with E-state index in [0.29, 0.717) is 95.7 Å². The zero-order chi connectivity index (χ0) is 54.7. The molecule has 5 rings (SSSR count). The molecule has 0 atom stereocenters. The third-order valence-electron chi connectivity index (χ3n) is 12.5. The molecule has 0 unspecified atom stereocenters. The number of nitrogen functional groups attached to an aromatic ring is 3. The van der Waals surface area contributed by atoms with E-state index in [0.717, 1.165) is 87.7 Å². The van der Waals surface area contributed by atoms with Gasteiger partial charge in [-0.2, -0.15) is 0 Å². The predicted molar refractivity (Wildman–Crippen MR) is 294 cm³/mol. The Balaban J connectivity index is 0.783. The van der Waals surface area contributed by atoms with Crippen molar-refractivity contribution < 1.29 is 38.1 Å². The van der Waals surface area contributed by atoms with Crippen LogP contribution in [0.3, 0.4) is 0 Å². The molecule has 4 aromatic rings. The van der Waals surface area contributed by atoms with E-state index >= 15 is 0 Å². The van der Waals surface area contributed by atoms with E-state index in [1.54, 1.807) is 6.92 Å². The number of nitrogens with zero attached hydrogens (tertiary/aromatic N) is 5. The second kappa shape index (κ2) is 32.7. The molecule has 1 aliphatic carbocycles. The Morgan fingerprint density at radius 1 is 0.684 bits per heavy atom. The zero-order valence-corrected chi connectivity index (χ0v) is 44.8. The number of Topliss-reactive ketones (excluding diaryl/α,β-unsaturated/α-hetero) is 2. The lowest BCUT2D eigenvalue weighted by Crippen LogP contribution is -2.44. The van der Waals surface area contributed by atoms with E-state index < -0.39 is 5.91 Å². The first-order valence-electron chi connectivity index (χ1n) is 25.9. The number of unbranched alkanes of at least 4 members (excludes halogenated alkanes) is 3. The fraction of sp³-hybridized carbons (Fsp3) is 0.509. The molecule has 0 bridgehead atoms. The van der Waals surface area contributed by atoms with Gasteiger partial charge in [-0.25, -0.2) is 24.7 Å². The molecule has 12 N–H and O–H groups in total. The summed E-state index contributed by atoms with van der Waals surface area (Å²) in [7, 11) is 0. The van der Waals surface area contributed by atoms with Gasteiger partial charge in [0.25, 0.3) is 5.91 Å². The van der Waals surface area contributed by atoms with Gasteiger partial charge in [0.2, 0.25) is 0 Å². The summed E-state index contributed by atoms with van der Waals surface area (Å²) in [6.45, 7) is 4.92. The summed E-state index contributed by atoms with van der Waals surface area (Å²) in [4.78, 5) is 70.0.